The van der Waals surface area contributed by atoms with Gasteiger partial charge in [0.2, 0.25) is 5.88 Å². The maximum Gasteiger partial charge on any atom is 0.338 e. The van der Waals surface area contributed by atoms with Crippen molar-refractivity contribution in [1.29, 1.82) is 5.26 Å². The van der Waals surface area contributed by atoms with Gasteiger partial charge in [0.15, 0.2) is 0 Å². The number of ether oxygens (including phenoxy) is 2. The Labute approximate surface area is 238 Å². The monoisotopic (exact) mass is 573 g/mol. The molecule has 42 heavy (non-hydrogen) atoms. The van der Waals surface area contributed by atoms with Crippen molar-refractivity contribution < 1.29 is 28.2 Å². The van der Waals surface area contributed by atoms with Crippen LogP contribution in [0.15, 0.2) is 53.6 Å². The molecular weight excluding hydrogens is 548 g/mol. The lowest BCUT2D eigenvalue weighted by Gasteiger charge is -2.30. The summed E-state index contributed by atoms with van der Waals surface area (Å²) in [5, 5.41) is 24.7. The molecule has 0 saturated carbocycles. The molecule has 13 heteroatoms. The first-order valence-corrected chi connectivity index (χ1v) is 13.3. The third-order valence-electron chi connectivity index (χ3n) is 7.16. The molecule has 4 aromatic rings. The number of aromatic carboxylic acids is 1. The molecule has 0 radical (unpaired) electrons. The molecule has 1 fully saturated rings. The number of hydrogen-bond acceptors (Lipinski definition) is 9. The minimum Gasteiger partial charge on any atom is -0.478 e. The van der Waals surface area contributed by atoms with Crippen molar-refractivity contribution in [3.05, 3.63) is 82.7 Å². The quantitative estimate of drug-likeness (QED) is 0.317. The molecule has 2 aromatic heterocycles. The molecule has 11 nitrogen and oxygen atoms in total. The average Bonchev–Trinajstić information content (AvgIpc) is 3.29. The number of fused-ring (bicyclic) bond motifs is 1. The van der Waals surface area contributed by atoms with Gasteiger partial charge in [-0.15, -0.1) is 0 Å². The summed E-state index contributed by atoms with van der Waals surface area (Å²) in [4.78, 5) is 22.5. The maximum absolute atomic E-state index is 14.4. The van der Waals surface area contributed by atoms with Gasteiger partial charge in [0.1, 0.15) is 36.2 Å². The number of imidazole rings is 1. The number of benzene rings is 2. The lowest BCUT2D eigenvalue weighted by Crippen LogP contribution is -2.38. The number of carboxylic acid groups (broad SMARTS) is 1. The zero-order valence-corrected chi connectivity index (χ0v) is 22.3. The number of hydrogen-bond donors (Lipinski definition) is 1. The Morgan fingerprint density at radius 2 is 2.00 bits per heavy atom. The molecule has 0 amide bonds. The van der Waals surface area contributed by atoms with Gasteiger partial charge in [-0.3, -0.25) is 5.01 Å². The Bertz CT molecular complexity index is 1730. The van der Waals surface area contributed by atoms with Gasteiger partial charge in [-0.25, -0.2) is 18.6 Å². The van der Waals surface area contributed by atoms with Gasteiger partial charge in [-0.1, -0.05) is 12.1 Å². The van der Waals surface area contributed by atoms with Crippen molar-refractivity contribution in [2.24, 2.45) is 5.10 Å². The van der Waals surface area contributed by atoms with E-state index in [0.717, 1.165) is 12.5 Å². The predicted octanol–water partition coefficient (Wildman–Crippen LogP) is 3.91. The van der Waals surface area contributed by atoms with E-state index >= 15 is 0 Å². The molecule has 2 aromatic carbocycles. The SMILES string of the molecule is N#Cc1ccc(COc2cccc(N3C=NN(Cc4nc5cc(F)c(C(=O)O)cc5n4C[C@@H]4CCO4)CC3)n2)c(F)c1. The fourth-order valence-corrected chi connectivity index (χ4v) is 4.78. The highest BCUT2D eigenvalue weighted by Gasteiger charge is 2.25. The fraction of sp³-hybridized carbons (Fsp3) is 0.276. The maximum atomic E-state index is 14.4. The number of nitrogens with zero attached hydrogens (tertiary/aromatic N) is 7. The number of anilines is 1. The first-order chi connectivity index (χ1) is 20.4. The largest absolute Gasteiger partial charge is 0.478 e. The summed E-state index contributed by atoms with van der Waals surface area (Å²) in [7, 11) is 0. The molecular formula is C29H25F2N7O4. The predicted molar refractivity (Wildman–Crippen MR) is 147 cm³/mol. The van der Waals surface area contributed by atoms with Gasteiger partial charge in [-0.2, -0.15) is 15.3 Å². The molecule has 2 aliphatic heterocycles. The van der Waals surface area contributed by atoms with E-state index in [-0.39, 0.29) is 18.3 Å². The van der Waals surface area contributed by atoms with E-state index in [0.29, 0.717) is 66.9 Å². The van der Waals surface area contributed by atoms with Crippen LogP contribution in [0.4, 0.5) is 14.6 Å². The molecule has 214 valence electrons. The van der Waals surface area contributed by atoms with Crippen molar-refractivity contribution in [3.8, 4) is 11.9 Å². The van der Waals surface area contributed by atoms with Crippen molar-refractivity contribution in [2.75, 3.05) is 24.6 Å². The zero-order chi connectivity index (χ0) is 29.2. The number of carbonyl (C=O) groups is 1. The molecule has 4 heterocycles. The van der Waals surface area contributed by atoms with E-state index in [4.69, 9.17) is 14.7 Å². The van der Waals surface area contributed by atoms with E-state index in [1.54, 1.807) is 18.5 Å². The normalized spacial score (nSPS) is 16.4. The van der Waals surface area contributed by atoms with Crippen molar-refractivity contribution in [3.63, 3.8) is 0 Å². The lowest BCUT2D eigenvalue weighted by atomic mass is 10.1. The van der Waals surface area contributed by atoms with Crippen molar-refractivity contribution in [2.45, 2.75) is 32.2 Å². The van der Waals surface area contributed by atoms with Crippen LogP contribution in [0, 0.1) is 23.0 Å². The highest BCUT2D eigenvalue weighted by molar-refractivity contribution is 5.93. The van der Waals surface area contributed by atoms with Gasteiger partial charge in [0, 0.05) is 30.8 Å². The third-order valence-corrected chi connectivity index (χ3v) is 7.16. The molecule has 1 atom stereocenters. The molecule has 0 spiro atoms. The first kappa shape index (κ1) is 27.1. The molecule has 2 aliphatic rings. The number of halogens is 2. The van der Waals surface area contributed by atoms with Crippen LogP contribution in [0.2, 0.25) is 0 Å². The van der Waals surface area contributed by atoms with Crippen LogP contribution in [-0.2, 0) is 24.4 Å². The van der Waals surface area contributed by atoms with Crippen LogP contribution < -0.4 is 9.64 Å². The van der Waals surface area contributed by atoms with Crippen LogP contribution in [-0.4, -0.2) is 62.8 Å². The number of aromatic nitrogens is 3. The highest BCUT2D eigenvalue weighted by atomic mass is 19.1. The molecule has 6 rings (SSSR count). The molecule has 0 aliphatic carbocycles. The Morgan fingerprint density at radius 1 is 1.14 bits per heavy atom. The summed E-state index contributed by atoms with van der Waals surface area (Å²) < 4.78 is 41.8. The van der Waals surface area contributed by atoms with Crippen LogP contribution in [0.5, 0.6) is 5.88 Å². The number of hydrazone groups is 1. The Kier molecular flexibility index (Phi) is 7.37. The Hall–Kier alpha value is -5.09. The van der Waals surface area contributed by atoms with Gasteiger partial charge >= 0.3 is 5.97 Å². The van der Waals surface area contributed by atoms with Gasteiger partial charge in [0.05, 0.1) is 54.0 Å². The van der Waals surface area contributed by atoms with Gasteiger partial charge < -0.3 is 24.0 Å². The van der Waals surface area contributed by atoms with Crippen LogP contribution in [0.3, 0.4) is 0 Å². The summed E-state index contributed by atoms with van der Waals surface area (Å²) in [5.41, 5.74) is 1.05. The summed E-state index contributed by atoms with van der Waals surface area (Å²) in [6.45, 7) is 2.50. The summed E-state index contributed by atoms with van der Waals surface area (Å²) in [5.74, 6) is -1.16. The topological polar surface area (TPSA) is 129 Å². The van der Waals surface area contributed by atoms with E-state index in [9.17, 15) is 18.7 Å². The summed E-state index contributed by atoms with van der Waals surface area (Å²) in [6.07, 6.45) is 2.50. The standard InChI is InChI=1S/C29H25F2N7O4/c30-22-10-18(13-32)4-5-19(22)16-42-28-3-1-2-26(35-28)36-7-8-37(33-17-36)15-27-34-24-12-23(31)21(29(39)40)11-25(24)38(27)14-20-6-9-41-20/h1-5,10-12,17,20H,6-9,14-16H2,(H,39,40)/t20-/m0/s1. The van der Waals surface area contributed by atoms with Gasteiger partial charge in [-0.05, 0) is 30.7 Å². The Morgan fingerprint density at radius 3 is 2.69 bits per heavy atom. The second-order valence-corrected chi connectivity index (χ2v) is 9.90. The van der Waals surface area contributed by atoms with E-state index < -0.39 is 23.2 Å². The molecule has 1 saturated heterocycles. The molecule has 0 bridgehead atoms. The second-order valence-electron chi connectivity index (χ2n) is 9.90. The van der Waals surface area contributed by atoms with E-state index in [1.165, 1.54) is 24.3 Å². The van der Waals surface area contributed by atoms with Crippen LogP contribution in [0.25, 0.3) is 11.0 Å². The zero-order valence-electron chi connectivity index (χ0n) is 22.3. The molecule has 1 N–H and O–H groups in total. The number of carboxylic acids is 1. The molecule has 0 unspecified atom stereocenters. The van der Waals surface area contributed by atoms with E-state index in [1.807, 2.05) is 26.6 Å². The minimum absolute atomic E-state index is 0.0196. The smallest absolute Gasteiger partial charge is 0.338 e. The number of rotatable bonds is 9. The lowest BCUT2D eigenvalue weighted by molar-refractivity contribution is -0.0592. The number of nitriles is 1. The fourth-order valence-electron chi connectivity index (χ4n) is 4.78. The number of pyridine rings is 1. The van der Waals surface area contributed by atoms with Crippen LogP contribution in [0.1, 0.15) is 33.7 Å². The summed E-state index contributed by atoms with van der Waals surface area (Å²) >= 11 is 0. The third kappa shape index (κ3) is 5.57. The van der Waals surface area contributed by atoms with Gasteiger partial charge in [0.25, 0.3) is 0 Å². The van der Waals surface area contributed by atoms with Crippen LogP contribution >= 0.6 is 0 Å². The van der Waals surface area contributed by atoms with Crippen molar-refractivity contribution in [1.82, 2.24) is 19.5 Å². The Balaban J connectivity index is 1.16. The van der Waals surface area contributed by atoms with Crippen molar-refractivity contribution >= 4 is 29.2 Å². The minimum atomic E-state index is -1.34. The summed E-state index contributed by atoms with van der Waals surface area (Å²) in [6, 6.07) is 13.8. The first-order valence-electron chi connectivity index (χ1n) is 13.3. The van der Waals surface area contributed by atoms with E-state index in [2.05, 4.69) is 15.1 Å². The average molecular weight is 574 g/mol. The highest BCUT2D eigenvalue weighted by Crippen LogP contribution is 2.26. The second kappa shape index (κ2) is 11.4.